The van der Waals surface area contributed by atoms with Crippen molar-refractivity contribution in [3.05, 3.63) is 58.9 Å². The number of imide groups is 1. The number of nitrogens with one attached hydrogen (secondary N) is 1. The van der Waals surface area contributed by atoms with E-state index in [1.165, 1.54) is 44.2 Å². The van der Waals surface area contributed by atoms with Crippen LogP contribution in [0.1, 0.15) is 45.8 Å². The predicted molar refractivity (Wildman–Crippen MR) is 113 cm³/mol. The molecule has 2 heterocycles. The molecule has 0 saturated heterocycles. The highest BCUT2D eigenvalue weighted by Gasteiger charge is 2.39. The number of ether oxygens (including phenoxy) is 1. The van der Waals surface area contributed by atoms with Gasteiger partial charge in [0.1, 0.15) is 11.2 Å². The van der Waals surface area contributed by atoms with E-state index in [0.29, 0.717) is 11.3 Å². The van der Waals surface area contributed by atoms with Crippen molar-refractivity contribution in [3.8, 4) is 17.6 Å². The number of aromatic nitrogens is 1. The van der Waals surface area contributed by atoms with E-state index in [1.807, 2.05) is 0 Å². The maximum atomic E-state index is 12.9. The number of methoxy groups -OCH3 is 1. The molecule has 1 aliphatic heterocycles. The third-order valence-corrected chi connectivity index (χ3v) is 4.98. The summed E-state index contributed by atoms with van der Waals surface area (Å²) in [5, 5.41) is 11.5. The zero-order valence-corrected chi connectivity index (χ0v) is 17.8. The minimum absolute atomic E-state index is 0.113. The fraction of sp³-hybridized carbons (Fsp3) is 0.261. The molecule has 1 aromatic heterocycles. The molecule has 0 spiro atoms. The van der Waals surface area contributed by atoms with Crippen LogP contribution in [0, 0.1) is 17.3 Å². The second-order valence-electron chi connectivity index (χ2n) is 7.48. The molecule has 1 aromatic carbocycles. The maximum absolute atomic E-state index is 12.9. The largest absolute Gasteiger partial charge is 0.497 e. The number of pyridine rings is 1. The van der Waals surface area contributed by atoms with Gasteiger partial charge in [-0.15, -0.1) is 0 Å². The number of carboxylic acid groups (broad SMARTS) is 1. The lowest BCUT2D eigenvalue weighted by Gasteiger charge is -2.27. The molecule has 3 amide bonds. The van der Waals surface area contributed by atoms with Crippen molar-refractivity contribution in [2.45, 2.75) is 20.4 Å². The summed E-state index contributed by atoms with van der Waals surface area (Å²) in [6.45, 7) is 2.83. The molecule has 9 nitrogen and oxygen atoms in total. The average Bonchev–Trinajstić information content (AvgIpc) is 3.06. The summed E-state index contributed by atoms with van der Waals surface area (Å²) in [4.78, 5) is 54.0. The average molecular weight is 435 g/mol. The van der Waals surface area contributed by atoms with Gasteiger partial charge in [-0.3, -0.25) is 19.7 Å². The number of benzene rings is 1. The molecule has 3 rings (SSSR count). The van der Waals surface area contributed by atoms with Crippen molar-refractivity contribution in [1.82, 2.24) is 15.2 Å². The quantitative estimate of drug-likeness (QED) is 0.681. The Bertz CT molecular complexity index is 1180. The molecule has 0 bridgehead atoms. The van der Waals surface area contributed by atoms with Gasteiger partial charge >= 0.3 is 5.97 Å². The summed E-state index contributed by atoms with van der Waals surface area (Å²) < 4.78 is 5.18. The zero-order valence-electron chi connectivity index (χ0n) is 17.8. The molecular weight excluding hydrogens is 414 g/mol. The van der Waals surface area contributed by atoms with Crippen molar-refractivity contribution in [2.24, 2.45) is 5.41 Å². The van der Waals surface area contributed by atoms with Crippen molar-refractivity contribution < 1.29 is 29.0 Å². The third kappa shape index (κ3) is 4.59. The number of hydrogen-bond acceptors (Lipinski definition) is 6. The second-order valence-corrected chi connectivity index (χ2v) is 7.48. The maximum Gasteiger partial charge on any atom is 0.355 e. The number of hydrogen-bond donors (Lipinski definition) is 2. The van der Waals surface area contributed by atoms with Crippen LogP contribution in [0.2, 0.25) is 0 Å². The van der Waals surface area contributed by atoms with Crippen LogP contribution in [0.3, 0.4) is 0 Å². The first-order valence-corrected chi connectivity index (χ1v) is 9.64. The van der Waals surface area contributed by atoms with Crippen LogP contribution in [-0.2, 0) is 16.1 Å². The van der Waals surface area contributed by atoms with Crippen LogP contribution in [0.25, 0.3) is 0 Å². The van der Waals surface area contributed by atoms with Crippen LogP contribution in [0.15, 0.2) is 36.5 Å². The highest BCUT2D eigenvalue weighted by molar-refractivity contribution is 6.01. The molecule has 1 atom stereocenters. The first-order valence-electron chi connectivity index (χ1n) is 9.64. The zero-order chi connectivity index (χ0) is 23.5. The van der Waals surface area contributed by atoms with E-state index in [4.69, 9.17) is 4.74 Å². The number of rotatable bonds is 5. The fourth-order valence-corrected chi connectivity index (χ4v) is 3.32. The SMILES string of the molecule is COc1ccc2c(c1)C(=O)N(CC(C)(C#Cc1cccnc1C(=O)O)C(=O)NC(C)=O)C2. The summed E-state index contributed by atoms with van der Waals surface area (Å²) in [6, 6.07) is 8.14. The summed E-state index contributed by atoms with van der Waals surface area (Å²) in [5.74, 6) is 3.18. The van der Waals surface area contributed by atoms with Crippen LogP contribution in [-0.4, -0.2) is 52.3 Å². The standard InChI is InChI=1S/C23H21N3O6/c1-14(27)25-22(31)23(2,9-8-15-5-4-10-24-19(15)21(29)30)13-26-12-16-6-7-17(32-3)11-18(16)20(26)28/h4-7,10-11H,12-13H2,1-3H3,(H,29,30)(H,25,27,31). The number of carbonyl (C=O) groups is 4. The summed E-state index contributed by atoms with van der Waals surface area (Å²) in [6.07, 6.45) is 1.32. The molecule has 9 heteroatoms. The van der Waals surface area contributed by atoms with Gasteiger partial charge in [-0.05, 0) is 36.8 Å². The van der Waals surface area contributed by atoms with Crippen molar-refractivity contribution in [2.75, 3.05) is 13.7 Å². The Labute approximate surface area is 184 Å². The van der Waals surface area contributed by atoms with Crippen LogP contribution < -0.4 is 10.1 Å². The number of aromatic carboxylic acids is 1. The first kappa shape index (κ1) is 22.5. The van der Waals surface area contributed by atoms with E-state index in [1.54, 1.807) is 18.2 Å². The topological polar surface area (TPSA) is 126 Å². The summed E-state index contributed by atoms with van der Waals surface area (Å²) in [5.41, 5.74) is -0.404. The normalized spacial score (nSPS) is 14.0. The molecule has 164 valence electrons. The van der Waals surface area contributed by atoms with Crippen LogP contribution in [0.5, 0.6) is 5.75 Å². The van der Waals surface area contributed by atoms with Gasteiger partial charge in [-0.1, -0.05) is 17.9 Å². The van der Waals surface area contributed by atoms with E-state index < -0.39 is 23.2 Å². The minimum Gasteiger partial charge on any atom is -0.497 e. The van der Waals surface area contributed by atoms with Crippen LogP contribution in [0.4, 0.5) is 0 Å². The Hall–Kier alpha value is -4.19. The number of nitrogens with zero attached hydrogens (tertiary/aromatic N) is 2. The molecule has 0 radical (unpaired) electrons. The van der Waals surface area contributed by atoms with Gasteiger partial charge in [0.05, 0.1) is 12.7 Å². The lowest BCUT2D eigenvalue weighted by atomic mass is 9.88. The highest BCUT2D eigenvalue weighted by atomic mass is 16.5. The fourth-order valence-electron chi connectivity index (χ4n) is 3.32. The molecule has 32 heavy (non-hydrogen) atoms. The van der Waals surface area contributed by atoms with Crippen LogP contribution >= 0.6 is 0 Å². The lowest BCUT2D eigenvalue weighted by Crippen LogP contribution is -2.47. The van der Waals surface area contributed by atoms with Gasteiger partial charge in [0, 0.05) is 31.8 Å². The molecule has 2 N–H and O–H groups in total. The van der Waals surface area contributed by atoms with Gasteiger partial charge in [0.2, 0.25) is 11.8 Å². The monoisotopic (exact) mass is 435 g/mol. The molecule has 0 aliphatic carbocycles. The molecule has 1 unspecified atom stereocenters. The van der Waals surface area contributed by atoms with E-state index in [9.17, 15) is 24.3 Å². The second kappa shape index (κ2) is 8.89. The molecule has 1 aliphatic rings. The van der Waals surface area contributed by atoms with Gasteiger partial charge < -0.3 is 14.7 Å². The third-order valence-electron chi connectivity index (χ3n) is 4.98. The summed E-state index contributed by atoms with van der Waals surface area (Å²) >= 11 is 0. The Morgan fingerprint density at radius 2 is 2.06 bits per heavy atom. The van der Waals surface area contributed by atoms with Gasteiger partial charge in [0.25, 0.3) is 5.91 Å². The molecule has 0 saturated carbocycles. The predicted octanol–water partition coefficient (Wildman–Crippen LogP) is 1.46. The van der Waals surface area contributed by atoms with E-state index >= 15 is 0 Å². The molecule has 0 fully saturated rings. The van der Waals surface area contributed by atoms with Gasteiger partial charge in [-0.25, -0.2) is 9.78 Å². The van der Waals surface area contributed by atoms with E-state index in [2.05, 4.69) is 22.1 Å². The highest BCUT2D eigenvalue weighted by Crippen LogP contribution is 2.30. The van der Waals surface area contributed by atoms with Crippen molar-refractivity contribution in [1.29, 1.82) is 0 Å². The smallest absolute Gasteiger partial charge is 0.355 e. The number of carbonyl (C=O) groups excluding carboxylic acids is 3. The van der Waals surface area contributed by atoms with E-state index in [-0.39, 0.29) is 30.3 Å². The van der Waals surface area contributed by atoms with Crippen molar-refractivity contribution in [3.63, 3.8) is 0 Å². The molecular formula is C23H21N3O6. The first-order chi connectivity index (χ1) is 15.1. The minimum atomic E-state index is -1.50. The summed E-state index contributed by atoms with van der Waals surface area (Å²) in [7, 11) is 1.50. The Balaban J connectivity index is 1.96. The van der Waals surface area contributed by atoms with E-state index in [0.717, 1.165) is 5.56 Å². The number of fused-ring (bicyclic) bond motifs is 1. The van der Waals surface area contributed by atoms with Gasteiger partial charge in [0.15, 0.2) is 5.69 Å². The Morgan fingerprint density at radius 3 is 2.72 bits per heavy atom. The number of carboxylic acids is 1. The van der Waals surface area contributed by atoms with Crippen molar-refractivity contribution >= 4 is 23.7 Å². The van der Waals surface area contributed by atoms with Gasteiger partial charge in [-0.2, -0.15) is 0 Å². The number of amides is 3. The lowest BCUT2D eigenvalue weighted by molar-refractivity contribution is -0.133. The molecule has 2 aromatic rings. The Kier molecular flexibility index (Phi) is 6.25. The Morgan fingerprint density at radius 1 is 1.31 bits per heavy atom.